The molecule has 0 heterocycles. The lowest BCUT2D eigenvalue weighted by Gasteiger charge is -2.37. The maximum atomic E-state index is 12.1. The first kappa shape index (κ1) is 14.8. The lowest BCUT2D eigenvalue weighted by molar-refractivity contribution is -0.132. The van der Waals surface area contributed by atoms with Crippen molar-refractivity contribution in [2.24, 2.45) is 0 Å². The number of aliphatic hydroxyl groups is 1. The van der Waals surface area contributed by atoms with E-state index in [1.54, 1.807) is 11.8 Å². The van der Waals surface area contributed by atoms with Gasteiger partial charge in [0, 0.05) is 19.2 Å². The van der Waals surface area contributed by atoms with Gasteiger partial charge in [0.2, 0.25) is 5.91 Å². The number of hydrogen-bond donors (Lipinski definition) is 1. The Bertz CT molecular complexity index is 219. The van der Waals surface area contributed by atoms with Crippen LogP contribution in [-0.2, 0) is 4.79 Å². The van der Waals surface area contributed by atoms with E-state index in [4.69, 9.17) is 5.11 Å². The summed E-state index contributed by atoms with van der Waals surface area (Å²) in [5, 5.41) is 8.87. The number of unbranched alkanes of at least 4 members (excludes halogenated alkanes) is 1. The summed E-state index contributed by atoms with van der Waals surface area (Å²) in [7, 11) is 0. The van der Waals surface area contributed by atoms with Crippen molar-refractivity contribution < 1.29 is 9.90 Å². The SMILES string of the molecule is CCCCSCC(=O)N(CCCO)C1CCC1. The molecule has 1 rings (SSSR count). The van der Waals surface area contributed by atoms with Crippen LogP contribution < -0.4 is 0 Å². The first-order valence-electron chi connectivity index (χ1n) is 6.77. The van der Waals surface area contributed by atoms with E-state index >= 15 is 0 Å². The van der Waals surface area contributed by atoms with Crippen molar-refractivity contribution in [2.75, 3.05) is 24.7 Å². The molecule has 4 heteroatoms. The topological polar surface area (TPSA) is 40.5 Å². The summed E-state index contributed by atoms with van der Waals surface area (Å²) in [6, 6.07) is 0.459. The van der Waals surface area contributed by atoms with Crippen LogP contribution in [-0.4, -0.2) is 46.6 Å². The van der Waals surface area contributed by atoms with Crippen LogP contribution in [0.25, 0.3) is 0 Å². The molecule has 100 valence electrons. The summed E-state index contributed by atoms with van der Waals surface area (Å²) in [5.74, 6) is 1.96. The second-order valence-corrected chi connectivity index (χ2v) is 5.76. The Kier molecular flexibility index (Phi) is 7.69. The van der Waals surface area contributed by atoms with E-state index in [1.165, 1.54) is 19.3 Å². The highest BCUT2D eigenvalue weighted by Crippen LogP contribution is 2.25. The van der Waals surface area contributed by atoms with Crippen molar-refractivity contribution in [3.05, 3.63) is 0 Å². The van der Waals surface area contributed by atoms with Gasteiger partial charge in [0.15, 0.2) is 0 Å². The van der Waals surface area contributed by atoms with Gasteiger partial charge in [-0.25, -0.2) is 0 Å². The van der Waals surface area contributed by atoms with E-state index < -0.39 is 0 Å². The molecular formula is C13H25NO2S. The maximum absolute atomic E-state index is 12.1. The Labute approximate surface area is 109 Å². The number of nitrogens with zero attached hydrogens (tertiary/aromatic N) is 1. The third-order valence-corrected chi connectivity index (χ3v) is 4.29. The first-order valence-corrected chi connectivity index (χ1v) is 7.93. The second kappa shape index (κ2) is 8.81. The lowest BCUT2D eigenvalue weighted by Crippen LogP contribution is -2.45. The van der Waals surface area contributed by atoms with E-state index in [2.05, 4.69) is 6.92 Å². The van der Waals surface area contributed by atoms with Gasteiger partial charge >= 0.3 is 0 Å². The smallest absolute Gasteiger partial charge is 0.232 e. The number of thioether (sulfide) groups is 1. The summed E-state index contributed by atoms with van der Waals surface area (Å²) in [4.78, 5) is 14.1. The molecule has 1 aliphatic carbocycles. The molecule has 0 aromatic heterocycles. The Morgan fingerprint density at radius 3 is 2.71 bits per heavy atom. The van der Waals surface area contributed by atoms with Crippen molar-refractivity contribution in [3.8, 4) is 0 Å². The van der Waals surface area contributed by atoms with Crippen molar-refractivity contribution >= 4 is 17.7 Å². The summed E-state index contributed by atoms with van der Waals surface area (Å²) in [5.41, 5.74) is 0. The molecule has 0 aromatic rings. The minimum atomic E-state index is 0.180. The molecule has 3 nitrogen and oxygen atoms in total. The van der Waals surface area contributed by atoms with Gasteiger partial charge in [0.25, 0.3) is 0 Å². The predicted molar refractivity (Wildman–Crippen MR) is 73.3 cm³/mol. The maximum Gasteiger partial charge on any atom is 0.232 e. The van der Waals surface area contributed by atoms with Crippen molar-refractivity contribution in [1.29, 1.82) is 0 Å². The van der Waals surface area contributed by atoms with E-state index in [-0.39, 0.29) is 12.5 Å². The lowest BCUT2D eigenvalue weighted by atomic mass is 9.91. The molecule has 1 fully saturated rings. The minimum absolute atomic E-state index is 0.180. The van der Waals surface area contributed by atoms with Crippen LogP contribution >= 0.6 is 11.8 Å². The van der Waals surface area contributed by atoms with Gasteiger partial charge in [-0.15, -0.1) is 0 Å². The Morgan fingerprint density at radius 1 is 1.41 bits per heavy atom. The summed E-state index contributed by atoms with van der Waals surface area (Å²) < 4.78 is 0. The number of aliphatic hydroxyl groups excluding tert-OH is 1. The molecule has 0 aromatic carbocycles. The van der Waals surface area contributed by atoms with Crippen molar-refractivity contribution in [1.82, 2.24) is 4.90 Å². The highest BCUT2D eigenvalue weighted by Gasteiger charge is 2.27. The highest BCUT2D eigenvalue weighted by atomic mass is 32.2. The van der Waals surface area contributed by atoms with Crippen LogP contribution in [0, 0.1) is 0 Å². The molecule has 1 amide bonds. The van der Waals surface area contributed by atoms with Crippen molar-refractivity contribution in [2.45, 2.75) is 51.5 Å². The Morgan fingerprint density at radius 2 is 2.18 bits per heavy atom. The quantitative estimate of drug-likeness (QED) is 0.646. The van der Waals surface area contributed by atoms with Gasteiger partial charge < -0.3 is 10.0 Å². The molecule has 0 bridgehead atoms. The molecule has 0 spiro atoms. The highest BCUT2D eigenvalue weighted by molar-refractivity contribution is 7.99. The molecule has 1 aliphatic rings. The van der Waals surface area contributed by atoms with Gasteiger partial charge in [-0.3, -0.25) is 4.79 Å². The molecule has 0 atom stereocenters. The first-order chi connectivity index (χ1) is 8.29. The van der Waals surface area contributed by atoms with Crippen LogP contribution in [0.3, 0.4) is 0 Å². The fraction of sp³-hybridized carbons (Fsp3) is 0.923. The number of amides is 1. The van der Waals surface area contributed by atoms with Gasteiger partial charge in [0.05, 0.1) is 5.75 Å². The fourth-order valence-corrected chi connectivity index (χ4v) is 2.92. The summed E-state index contributed by atoms with van der Waals surface area (Å²) >= 11 is 1.75. The van der Waals surface area contributed by atoms with E-state index in [0.717, 1.165) is 25.1 Å². The molecule has 17 heavy (non-hydrogen) atoms. The van der Waals surface area contributed by atoms with Crippen LogP contribution in [0.5, 0.6) is 0 Å². The Hall–Kier alpha value is -0.220. The third kappa shape index (κ3) is 5.30. The van der Waals surface area contributed by atoms with Crippen LogP contribution in [0.15, 0.2) is 0 Å². The average Bonchev–Trinajstić information content (AvgIpc) is 2.27. The normalized spacial score (nSPS) is 15.6. The summed E-state index contributed by atoms with van der Waals surface area (Å²) in [6.45, 7) is 3.08. The molecule has 0 radical (unpaired) electrons. The molecule has 1 saturated carbocycles. The average molecular weight is 259 g/mol. The van der Waals surface area contributed by atoms with Crippen LogP contribution in [0.4, 0.5) is 0 Å². The van der Waals surface area contributed by atoms with Crippen LogP contribution in [0.2, 0.25) is 0 Å². The zero-order chi connectivity index (χ0) is 12.5. The molecule has 1 N–H and O–H groups in total. The van der Waals surface area contributed by atoms with Gasteiger partial charge in [-0.05, 0) is 37.9 Å². The number of carbonyl (C=O) groups excluding carboxylic acids is 1. The largest absolute Gasteiger partial charge is 0.396 e. The number of hydrogen-bond acceptors (Lipinski definition) is 3. The zero-order valence-electron chi connectivity index (χ0n) is 10.9. The monoisotopic (exact) mass is 259 g/mol. The molecular weight excluding hydrogens is 234 g/mol. The van der Waals surface area contributed by atoms with E-state index in [0.29, 0.717) is 18.2 Å². The minimum Gasteiger partial charge on any atom is -0.396 e. The summed E-state index contributed by atoms with van der Waals surface area (Å²) in [6.07, 6.45) is 6.64. The Balaban J connectivity index is 2.26. The van der Waals surface area contributed by atoms with E-state index in [1.807, 2.05) is 4.90 Å². The van der Waals surface area contributed by atoms with Gasteiger partial charge in [-0.1, -0.05) is 13.3 Å². The molecule has 0 saturated heterocycles. The zero-order valence-corrected chi connectivity index (χ0v) is 11.7. The number of rotatable bonds is 9. The van der Waals surface area contributed by atoms with Crippen molar-refractivity contribution in [3.63, 3.8) is 0 Å². The third-order valence-electron chi connectivity index (χ3n) is 3.26. The molecule has 0 unspecified atom stereocenters. The van der Waals surface area contributed by atoms with E-state index in [9.17, 15) is 4.79 Å². The van der Waals surface area contributed by atoms with Gasteiger partial charge in [-0.2, -0.15) is 11.8 Å². The van der Waals surface area contributed by atoms with Crippen LogP contribution in [0.1, 0.15) is 45.4 Å². The predicted octanol–water partition coefficient (Wildman–Crippen LogP) is 2.28. The standard InChI is InChI=1S/C13H25NO2S/c1-2-3-10-17-11-13(16)14(8-5-9-15)12-6-4-7-12/h12,15H,2-11H2,1H3. The number of carbonyl (C=O) groups is 1. The van der Waals surface area contributed by atoms with Gasteiger partial charge in [0.1, 0.15) is 0 Å². The molecule has 0 aliphatic heterocycles. The fourth-order valence-electron chi connectivity index (χ4n) is 1.94. The second-order valence-electron chi connectivity index (χ2n) is 4.66.